The molecule has 23 heavy (non-hydrogen) atoms. The van der Waals surface area contributed by atoms with Gasteiger partial charge in [0, 0.05) is 30.5 Å². The molecule has 1 aromatic heterocycles. The molecule has 124 valence electrons. The lowest BCUT2D eigenvalue weighted by atomic mass is 10.1. The van der Waals surface area contributed by atoms with Crippen LogP contribution in [0.5, 0.6) is 0 Å². The molecule has 1 heterocycles. The molecule has 0 spiro atoms. The monoisotopic (exact) mass is 335 g/mol. The smallest absolute Gasteiger partial charge is 0.191 e. The Morgan fingerprint density at radius 3 is 2.74 bits per heavy atom. The Kier molecular flexibility index (Phi) is 6.90. The van der Waals surface area contributed by atoms with Gasteiger partial charge in [0.15, 0.2) is 5.96 Å². The highest BCUT2D eigenvalue weighted by Crippen LogP contribution is 2.20. The van der Waals surface area contributed by atoms with Gasteiger partial charge in [0.25, 0.3) is 0 Å². The van der Waals surface area contributed by atoms with Crippen molar-refractivity contribution in [2.24, 2.45) is 4.99 Å². The lowest BCUT2D eigenvalue weighted by molar-refractivity contribution is 0.300. The molecule has 7 heteroatoms. The SMILES string of the molecule is CCNC(=NCC(c1ccc(Cl)cc1)n1cccn1)NCCO. The van der Waals surface area contributed by atoms with E-state index in [-0.39, 0.29) is 12.6 Å². The maximum absolute atomic E-state index is 8.94. The van der Waals surface area contributed by atoms with E-state index in [1.807, 2.05) is 48.1 Å². The summed E-state index contributed by atoms with van der Waals surface area (Å²) >= 11 is 5.97. The zero-order chi connectivity index (χ0) is 16.5. The summed E-state index contributed by atoms with van der Waals surface area (Å²) in [4.78, 5) is 4.60. The molecule has 0 bridgehead atoms. The molecular formula is C16H22ClN5O. The second-order valence-corrected chi connectivity index (χ2v) is 5.36. The van der Waals surface area contributed by atoms with Crippen molar-refractivity contribution in [3.63, 3.8) is 0 Å². The van der Waals surface area contributed by atoms with Gasteiger partial charge in [-0.3, -0.25) is 9.67 Å². The first-order chi connectivity index (χ1) is 11.2. The lowest BCUT2D eigenvalue weighted by Crippen LogP contribution is -2.39. The fraction of sp³-hybridized carbons (Fsp3) is 0.375. The van der Waals surface area contributed by atoms with E-state index < -0.39 is 0 Å². The quantitative estimate of drug-likeness (QED) is 0.531. The minimum absolute atomic E-state index is 0.0214. The third-order valence-corrected chi connectivity index (χ3v) is 3.52. The largest absolute Gasteiger partial charge is 0.395 e. The van der Waals surface area contributed by atoms with E-state index >= 15 is 0 Å². The Morgan fingerprint density at radius 2 is 2.13 bits per heavy atom. The van der Waals surface area contributed by atoms with E-state index in [0.29, 0.717) is 24.1 Å². The van der Waals surface area contributed by atoms with Crippen molar-refractivity contribution in [2.45, 2.75) is 13.0 Å². The summed E-state index contributed by atoms with van der Waals surface area (Å²) in [6, 6.07) is 9.57. The van der Waals surface area contributed by atoms with E-state index in [0.717, 1.165) is 12.1 Å². The van der Waals surface area contributed by atoms with Gasteiger partial charge in [-0.2, -0.15) is 5.10 Å². The summed E-state index contributed by atoms with van der Waals surface area (Å²) in [5.74, 6) is 0.674. The van der Waals surface area contributed by atoms with Crippen molar-refractivity contribution < 1.29 is 5.11 Å². The van der Waals surface area contributed by atoms with Crippen molar-refractivity contribution in [1.82, 2.24) is 20.4 Å². The Morgan fingerprint density at radius 1 is 1.35 bits per heavy atom. The molecule has 2 rings (SSSR count). The third kappa shape index (κ3) is 5.26. The molecule has 0 saturated heterocycles. The molecule has 3 N–H and O–H groups in total. The molecule has 1 atom stereocenters. The number of benzene rings is 1. The number of hydrogen-bond donors (Lipinski definition) is 3. The average Bonchev–Trinajstić information content (AvgIpc) is 3.08. The van der Waals surface area contributed by atoms with E-state index in [4.69, 9.17) is 16.7 Å². The van der Waals surface area contributed by atoms with Crippen LogP contribution in [-0.2, 0) is 0 Å². The topological polar surface area (TPSA) is 74.5 Å². The number of aliphatic hydroxyl groups excluding tert-OH is 1. The highest BCUT2D eigenvalue weighted by molar-refractivity contribution is 6.30. The number of hydrogen-bond acceptors (Lipinski definition) is 3. The maximum atomic E-state index is 8.94. The van der Waals surface area contributed by atoms with Crippen molar-refractivity contribution in [2.75, 3.05) is 26.2 Å². The van der Waals surface area contributed by atoms with Crippen LogP contribution in [-0.4, -0.2) is 47.1 Å². The molecule has 0 fully saturated rings. The van der Waals surface area contributed by atoms with Gasteiger partial charge < -0.3 is 15.7 Å². The van der Waals surface area contributed by atoms with Crippen LogP contribution in [0.2, 0.25) is 5.02 Å². The molecule has 2 aromatic rings. The van der Waals surface area contributed by atoms with Crippen LogP contribution in [0.4, 0.5) is 0 Å². The minimum atomic E-state index is -0.0214. The zero-order valence-electron chi connectivity index (χ0n) is 13.1. The van der Waals surface area contributed by atoms with Crippen LogP contribution in [0, 0.1) is 0 Å². The van der Waals surface area contributed by atoms with Gasteiger partial charge in [-0.25, -0.2) is 0 Å². The number of aromatic nitrogens is 2. The van der Waals surface area contributed by atoms with Crippen LogP contribution in [0.25, 0.3) is 0 Å². The van der Waals surface area contributed by atoms with Crippen molar-refractivity contribution in [3.05, 3.63) is 53.3 Å². The maximum Gasteiger partial charge on any atom is 0.191 e. The van der Waals surface area contributed by atoms with Gasteiger partial charge in [-0.05, 0) is 30.7 Å². The summed E-state index contributed by atoms with van der Waals surface area (Å²) in [7, 11) is 0. The van der Waals surface area contributed by atoms with Gasteiger partial charge in [0.1, 0.15) is 0 Å². The van der Waals surface area contributed by atoms with Crippen LogP contribution < -0.4 is 10.6 Å². The molecule has 0 amide bonds. The minimum Gasteiger partial charge on any atom is -0.395 e. The highest BCUT2D eigenvalue weighted by atomic mass is 35.5. The average molecular weight is 336 g/mol. The predicted molar refractivity (Wildman–Crippen MR) is 92.9 cm³/mol. The Bertz CT molecular complexity index is 597. The number of guanidine groups is 1. The van der Waals surface area contributed by atoms with E-state index in [9.17, 15) is 0 Å². The number of aliphatic hydroxyl groups is 1. The van der Waals surface area contributed by atoms with Crippen LogP contribution in [0.15, 0.2) is 47.7 Å². The zero-order valence-corrected chi connectivity index (χ0v) is 13.9. The van der Waals surface area contributed by atoms with Crippen molar-refractivity contribution in [3.8, 4) is 0 Å². The number of nitrogens with zero attached hydrogens (tertiary/aromatic N) is 3. The lowest BCUT2D eigenvalue weighted by Gasteiger charge is -2.18. The highest BCUT2D eigenvalue weighted by Gasteiger charge is 2.14. The standard InChI is InChI=1S/C16H22ClN5O/c1-2-18-16(19-9-11-23)20-12-15(22-10-3-8-21-22)13-4-6-14(17)7-5-13/h3-8,10,15,23H,2,9,11-12H2,1H3,(H2,18,19,20). The summed E-state index contributed by atoms with van der Waals surface area (Å²) in [5.41, 5.74) is 1.08. The summed E-state index contributed by atoms with van der Waals surface area (Å²) < 4.78 is 1.88. The summed E-state index contributed by atoms with van der Waals surface area (Å²) in [6.45, 7) is 3.79. The van der Waals surface area contributed by atoms with E-state index in [1.165, 1.54) is 0 Å². The van der Waals surface area contributed by atoms with Gasteiger partial charge in [0.2, 0.25) is 0 Å². The van der Waals surface area contributed by atoms with Crippen LogP contribution >= 0.6 is 11.6 Å². The molecule has 1 aromatic carbocycles. The first-order valence-electron chi connectivity index (χ1n) is 7.62. The van der Waals surface area contributed by atoms with Gasteiger partial charge in [-0.1, -0.05) is 23.7 Å². The number of rotatable bonds is 7. The van der Waals surface area contributed by atoms with Crippen LogP contribution in [0.3, 0.4) is 0 Å². The number of halogens is 1. The molecular weight excluding hydrogens is 314 g/mol. The second kappa shape index (κ2) is 9.17. The molecule has 6 nitrogen and oxygen atoms in total. The first-order valence-corrected chi connectivity index (χ1v) is 8.00. The Balaban J connectivity index is 2.19. The first kappa shape index (κ1) is 17.3. The third-order valence-electron chi connectivity index (χ3n) is 3.27. The molecule has 1 unspecified atom stereocenters. The Hall–Kier alpha value is -2.05. The van der Waals surface area contributed by atoms with E-state index in [2.05, 4.69) is 20.7 Å². The second-order valence-electron chi connectivity index (χ2n) is 4.92. The van der Waals surface area contributed by atoms with Gasteiger partial charge in [-0.15, -0.1) is 0 Å². The van der Waals surface area contributed by atoms with E-state index in [1.54, 1.807) is 6.20 Å². The summed E-state index contributed by atoms with van der Waals surface area (Å²) in [5, 5.41) is 20.2. The fourth-order valence-corrected chi connectivity index (χ4v) is 2.31. The van der Waals surface area contributed by atoms with Gasteiger partial charge in [0.05, 0.1) is 19.2 Å². The molecule has 0 saturated carbocycles. The van der Waals surface area contributed by atoms with Crippen LogP contribution in [0.1, 0.15) is 18.5 Å². The number of aliphatic imine (C=N–C) groups is 1. The fourth-order valence-electron chi connectivity index (χ4n) is 2.19. The molecule has 0 radical (unpaired) electrons. The number of nitrogens with one attached hydrogen (secondary N) is 2. The van der Waals surface area contributed by atoms with Gasteiger partial charge >= 0.3 is 0 Å². The molecule has 0 aliphatic rings. The van der Waals surface area contributed by atoms with Crippen molar-refractivity contribution in [1.29, 1.82) is 0 Å². The van der Waals surface area contributed by atoms with Crippen molar-refractivity contribution >= 4 is 17.6 Å². The predicted octanol–water partition coefficient (Wildman–Crippen LogP) is 1.67. The molecule has 0 aliphatic carbocycles. The Labute approximate surface area is 141 Å². The normalized spacial score (nSPS) is 12.9. The molecule has 0 aliphatic heterocycles. The summed E-state index contributed by atoms with van der Waals surface area (Å²) in [6.07, 6.45) is 3.67.